The summed E-state index contributed by atoms with van der Waals surface area (Å²) in [6.45, 7) is 4.04. The fourth-order valence-corrected chi connectivity index (χ4v) is 2.03. The van der Waals surface area contributed by atoms with Crippen molar-refractivity contribution in [3.8, 4) is 0 Å². The van der Waals surface area contributed by atoms with Crippen LogP contribution in [0, 0.1) is 11.6 Å². The fourth-order valence-electron chi connectivity index (χ4n) is 2.03. The lowest BCUT2D eigenvalue weighted by atomic mass is 10.1. The van der Waals surface area contributed by atoms with Crippen molar-refractivity contribution >= 4 is 11.7 Å². The van der Waals surface area contributed by atoms with E-state index in [2.05, 4.69) is 5.32 Å². The van der Waals surface area contributed by atoms with E-state index >= 15 is 0 Å². The molecule has 1 aromatic rings. The molecule has 0 aliphatic heterocycles. The third-order valence-corrected chi connectivity index (χ3v) is 2.92. The highest BCUT2D eigenvalue weighted by Crippen LogP contribution is 2.22. The molecular formula is C14H19F2NO2. The van der Waals surface area contributed by atoms with Gasteiger partial charge in [-0.05, 0) is 18.9 Å². The smallest absolute Gasteiger partial charge is 0.338 e. The highest BCUT2D eigenvalue weighted by Gasteiger charge is 2.17. The van der Waals surface area contributed by atoms with E-state index in [-0.39, 0.29) is 11.7 Å². The Morgan fingerprint density at radius 3 is 2.26 bits per heavy atom. The minimum atomic E-state index is -1.40. The number of hydrogen-bond donors (Lipinski definition) is 2. The Kier molecular flexibility index (Phi) is 5.73. The van der Waals surface area contributed by atoms with Gasteiger partial charge in [0.15, 0.2) is 0 Å². The molecular weight excluding hydrogens is 252 g/mol. The van der Waals surface area contributed by atoms with Crippen molar-refractivity contribution < 1.29 is 18.7 Å². The van der Waals surface area contributed by atoms with Crippen molar-refractivity contribution in [2.24, 2.45) is 0 Å². The van der Waals surface area contributed by atoms with Crippen LogP contribution in [0.2, 0.25) is 0 Å². The van der Waals surface area contributed by atoms with Crippen molar-refractivity contribution in [3.63, 3.8) is 0 Å². The lowest BCUT2D eigenvalue weighted by Crippen LogP contribution is -2.20. The Hall–Kier alpha value is -1.65. The summed E-state index contributed by atoms with van der Waals surface area (Å²) >= 11 is 0. The molecule has 5 heteroatoms. The van der Waals surface area contributed by atoms with E-state index in [1.807, 2.05) is 13.8 Å². The zero-order valence-electron chi connectivity index (χ0n) is 11.2. The maximum absolute atomic E-state index is 13.6. The first kappa shape index (κ1) is 15.4. The van der Waals surface area contributed by atoms with Gasteiger partial charge in [0, 0.05) is 12.1 Å². The van der Waals surface area contributed by atoms with Gasteiger partial charge >= 0.3 is 5.97 Å². The predicted molar refractivity (Wildman–Crippen MR) is 70.5 cm³/mol. The van der Waals surface area contributed by atoms with Crippen LogP contribution in [-0.2, 0) is 0 Å². The predicted octanol–water partition coefficient (Wildman–Crippen LogP) is 4.04. The number of nitrogens with one attached hydrogen (secondary N) is 1. The number of carbonyl (C=O) groups is 1. The second-order valence-electron chi connectivity index (χ2n) is 4.54. The third-order valence-electron chi connectivity index (χ3n) is 2.92. The number of hydrogen-bond acceptors (Lipinski definition) is 2. The summed E-state index contributed by atoms with van der Waals surface area (Å²) in [5.74, 6) is -3.22. The van der Waals surface area contributed by atoms with Gasteiger partial charge in [-0.3, -0.25) is 0 Å². The van der Waals surface area contributed by atoms with Gasteiger partial charge in [0.2, 0.25) is 0 Å². The van der Waals surface area contributed by atoms with Gasteiger partial charge in [-0.2, -0.15) is 0 Å². The number of aromatic carboxylic acids is 1. The number of rotatable bonds is 7. The van der Waals surface area contributed by atoms with E-state index in [0.717, 1.165) is 31.7 Å². The fraction of sp³-hybridized carbons (Fsp3) is 0.500. The molecule has 0 radical (unpaired) electrons. The molecule has 1 rings (SSSR count). The zero-order valence-corrected chi connectivity index (χ0v) is 11.2. The summed E-state index contributed by atoms with van der Waals surface area (Å²) in [5, 5.41) is 11.8. The molecule has 0 atom stereocenters. The average Bonchev–Trinajstić information content (AvgIpc) is 2.32. The monoisotopic (exact) mass is 271 g/mol. The second-order valence-corrected chi connectivity index (χ2v) is 4.54. The van der Waals surface area contributed by atoms with E-state index in [4.69, 9.17) is 5.11 Å². The Labute approximate surface area is 111 Å². The van der Waals surface area contributed by atoms with Crippen LogP contribution in [0.5, 0.6) is 0 Å². The van der Waals surface area contributed by atoms with Crippen LogP contribution in [0.15, 0.2) is 12.1 Å². The number of halogens is 2. The van der Waals surface area contributed by atoms with Crippen LogP contribution in [0.3, 0.4) is 0 Å². The van der Waals surface area contributed by atoms with E-state index in [9.17, 15) is 13.6 Å². The molecule has 0 spiro atoms. The van der Waals surface area contributed by atoms with Gasteiger partial charge in [-0.15, -0.1) is 0 Å². The number of carboxylic acid groups (broad SMARTS) is 1. The molecule has 0 saturated carbocycles. The van der Waals surface area contributed by atoms with Crippen molar-refractivity contribution in [2.45, 2.75) is 45.6 Å². The van der Waals surface area contributed by atoms with Gasteiger partial charge in [-0.25, -0.2) is 13.6 Å². The minimum absolute atomic E-state index is 0.0469. The standard InChI is InChI=1S/C14H19F2NO2/c1-3-5-9(6-4-2)17-13-7-10(14(18)19)11(15)8-12(13)16/h7-9,17H,3-6H2,1-2H3,(H,18,19). The van der Waals surface area contributed by atoms with Crippen molar-refractivity contribution in [2.75, 3.05) is 5.32 Å². The quantitative estimate of drug-likeness (QED) is 0.786. The molecule has 0 aliphatic carbocycles. The summed E-state index contributed by atoms with van der Waals surface area (Å²) in [6.07, 6.45) is 3.58. The van der Waals surface area contributed by atoms with E-state index in [1.165, 1.54) is 0 Å². The molecule has 0 aliphatic rings. The van der Waals surface area contributed by atoms with Crippen LogP contribution in [0.25, 0.3) is 0 Å². The van der Waals surface area contributed by atoms with Crippen LogP contribution in [0.4, 0.5) is 14.5 Å². The van der Waals surface area contributed by atoms with Gasteiger partial charge in [0.05, 0.1) is 11.3 Å². The lowest BCUT2D eigenvalue weighted by molar-refractivity contribution is 0.0692. The Bertz CT molecular complexity index is 443. The van der Waals surface area contributed by atoms with Crippen molar-refractivity contribution in [1.82, 2.24) is 0 Å². The molecule has 1 aromatic carbocycles. The molecule has 0 aromatic heterocycles. The molecule has 0 fully saturated rings. The molecule has 0 bridgehead atoms. The average molecular weight is 271 g/mol. The molecule has 19 heavy (non-hydrogen) atoms. The summed E-state index contributed by atoms with van der Waals surface area (Å²) in [4.78, 5) is 10.8. The molecule has 3 nitrogen and oxygen atoms in total. The van der Waals surface area contributed by atoms with Gasteiger partial charge in [-0.1, -0.05) is 26.7 Å². The van der Waals surface area contributed by atoms with E-state index in [0.29, 0.717) is 6.07 Å². The van der Waals surface area contributed by atoms with E-state index in [1.54, 1.807) is 0 Å². The second kappa shape index (κ2) is 7.07. The largest absolute Gasteiger partial charge is 0.478 e. The summed E-state index contributed by atoms with van der Waals surface area (Å²) in [7, 11) is 0. The number of carboxylic acids is 1. The molecule has 0 heterocycles. The summed E-state index contributed by atoms with van der Waals surface area (Å²) in [6, 6.07) is 1.70. The zero-order chi connectivity index (χ0) is 14.4. The van der Waals surface area contributed by atoms with Crippen LogP contribution in [0.1, 0.15) is 49.9 Å². The van der Waals surface area contributed by atoms with Crippen LogP contribution >= 0.6 is 0 Å². The highest BCUT2D eigenvalue weighted by molar-refractivity contribution is 5.89. The number of benzene rings is 1. The normalized spacial score (nSPS) is 10.8. The third kappa shape index (κ3) is 4.19. The van der Waals surface area contributed by atoms with Crippen LogP contribution < -0.4 is 5.32 Å². The highest BCUT2D eigenvalue weighted by atomic mass is 19.1. The molecule has 106 valence electrons. The van der Waals surface area contributed by atoms with Crippen molar-refractivity contribution in [3.05, 3.63) is 29.3 Å². The van der Waals surface area contributed by atoms with Crippen LogP contribution in [-0.4, -0.2) is 17.1 Å². The lowest BCUT2D eigenvalue weighted by Gasteiger charge is -2.19. The van der Waals surface area contributed by atoms with E-state index < -0.39 is 23.2 Å². The minimum Gasteiger partial charge on any atom is -0.478 e. The topological polar surface area (TPSA) is 49.3 Å². The molecule has 0 amide bonds. The Balaban J connectivity index is 2.98. The SMILES string of the molecule is CCCC(CCC)Nc1cc(C(=O)O)c(F)cc1F. The molecule has 0 saturated heterocycles. The Morgan fingerprint density at radius 1 is 1.21 bits per heavy atom. The maximum atomic E-state index is 13.6. The maximum Gasteiger partial charge on any atom is 0.338 e. The summed E-state index contributed by atoms with van der Waals surface area (Å²) in [5.41, 5.74) is -0.471. The van der Waals surface area contributed by atoms with Gasteiger partial charge < -0.3 is 10.4 Å². The van der Waals surface area contributed by atoms with Gasteiger partial charge in [0.1, 0.15) is 11.6 Å². The summed E-state index contributed by atoms with van der Waals surface area (Å²) < 4.78 is 26.9. The first-order valence-corrected chi connectivity index (χ1v) is 6.48. The Morgan fingerprint density at radius 2 is 1.79 bits per heavy atom. The first-order chi connectivity index (χ1) is 8.99. The first-order valence-electron chi connectivity index (χ1n) is 6.48. The number of anilines is 1. The van der Waals surface area contributed by atoms with Crippen molar-refractivity contribution in [1.29, 1.82) is 0 Å². The molecule has 2 N–H and O–H groups in total. The molecule has 0 unspecified atom stereocenters. The van der Waals surface area contributed by atoms with Gasteiger partial charge in [0.25, 0.3) is 0 Å².